The van der Waals surface area contributed by atoms with Crippen LogP contribution in [-0.2, 0) is 9.53 Å². The van der Waals surface area contributed by atoms with Crippen LogP contribution in [0.4, 0.5) is 18.0 Å². The summed E-state index contributed by atoms with van der Waals surface area (Å²) in [4.78, 5) is 23.4. The summed E-state index contributed by atoms with van der Waals surface area (Å²) in [6.07, 6.45) is -7.40. The van der Waals surface area contributed by atoms with Crippen LogP contribution in [0.2, 0.25) is 0 Å². The van der Waals surface area contributed by atoms with Crippen molar-refractivity contribution in [3.05, 3.63) is 0 Å². The smallest absolute Gasteiger partial charge is 0.408 e. The second-order valence-electron chi connectivity index (χ2n) is 6.45. The van der Waals surface area contributed by atoms with Crippen LogP contribution in [-0.4, -0.2) is 34.1 Å². The number of halogens is 4. The lowest BCUT2D eigenvalue weighted by atomic mass is 9.85. The number of alkyl carbamates (subject to hydrolysis) is 1. The molecule has 4 nitrogen and oxygen atoms in total. The molecule has 0 saturated carbocycles. The van der Waals surface area contributed by atoms with Crippen LogP contribution in [0.1, 0.15) is 41.0 Å². The number of alkyl halides is 4. The molecule has 1 amide bonds. The van der Waals surface area contributed by atoms with Gasteiger partial charge in [0.2, 0.25) is 0 Å². The first-order valence-corrected chi connectivity index (χ1v) is 7.86. The van der Waals surface area contributed by atoms with E-state index < -0.39 is 41.5 Å². The third-order valence-corrected chi connectivity index (χ3v) is 3.43. The molecule has 0 rings (SSSR count). The van der Waals surface area contributed by atoms with Crippen molar-refractivity contribution in [2.45, 2.75) is 58.9 Å². The first-order chi connectivity index (χ1) is 9.19. The standard InChI is InChI=1S/C13H21F3INO3/c1-11(2,3)18-10(20)21-9(8(19)7-17)6-12(4,5)13(14,15)16/h9H,6-7H2,1-5H3,(H,18,20)/t9-/m0/s1. The molecule has 0 radical (unpaired) electrons. The van der Waals surface area contributed by atoms with Gasteiger partial charge in [0.15, 0.2) is 11.9 Å². The number of carbonyl (C=O) groups is 2. The van der Waals surface area contributed by atoms with Gasteiger partial charge in [-0.1, -0.05) is 36.4 Å². The number of Topliss-reactive ketones (excluding diaryl/α,β-unsaturated/α-hetero) is 1. The van der Waals surface area contributed by atoms with E-state index in [4.69, 9.17) is 4.74 Å². The van der Waals surface area contributed by atoms with E-state index in [1.807, 2.05) is 0 Å². The molecule has 124 valence electrons. The van der Waals surface area contributed by atoms with Gasteiger partial charge in [-0.05, 0) is 20.8 Å². The largest absolute Gasteiger partial charge is 0.438 e. The van der Waals surface area contributed by atoms with E-state index in [2.05, 4.69) is 5.32 Å². The van der Waals surface area contributed by atoms with Gasteiger partial charge in [-0.2, -0.15) is 13.2 Å². The van der Waals surface area contributed by atoms with Crippen molar-refractivity contribution in [1.29, 1.82) is 0 Å². The molecule has 21 heavy (non-hydrogen) atoms. The van der Waals surface area contributed by atoms with Crippen molar-refractivity contribution < 1.29 is 27.5 Å². The number of ether oxygens (including phenoxy) is 1. The van der Waals surface area contributed by atoms with Crippen LogP contribution >= 0.6 is 22.6 Å². The number of carbonyl (C=O) groups excluding carboxylic acids is 2. The van der Waals surface area contributed by atoms with E-state index in [1.54, 1.807) is 43.4 Å². The van der Waals surface area contributed by atoms with Gasteiger partial charge in [0.05, 0.1) is 9.84 Å². The lowest BCUT2D eigenvalue weighted by Crippen LogP contribution is -2.45. The predicted octanol–water partition coefficient (Wildman–Crippen LogP) is 3.86. The summed E-state index contributed by atoms with van der Waals surface area (Å²) in [5.74, 6) is -0.544. The van der Waals surface area contributed by atoms with Crippen LogP contribution < -0.4 is 5.32 Å². The minimum atomic E-state index is -4.49. The van der Waals surface area contributed by atoms with Crippen molar-refractivity contribution in [3.63, 3.8) is 0 Å². The third kappa shape index (κ3) is 7.32. The highest BCUT2D eigenvalue weighted by molar-refractivity contribution is 14.1. The number of rotatable bonds is 5. The normalized spacial score (nSPS) is 14.5. The summed E-state index contributed by atoms with van der Waals surface area (Å²) in [5.41, 5.74) is -2.73. The maximum atomic E-state index is 12.9. The second kappa shape index (κ2) is 7.15. The zero-order chi connectivity index (χ0) is 17.1. The molecule has 0 saturated heterocycles. The first-order valence-electron chi connectivity index (χ1n) is 6.34. The molecule has 0 aromatic rings. The molecule has 0 heterocycles. The molecule has 0 fully saturated rings. The number of ketones is 1. The lowest BCUT2D eigenvalue weighted by molar-refractivity contribution is -0.219. The van der Waals surface area contributed by atoms with Gasteiger partial charge in [-0.15, -0.1) is 0 Å². The fourth-order valence-electron chi connectivity index (χ4n) is 1.35. The van der Waals surface area contributed by atoms with Crippen LogP contribution in [0.3, 0.4) is 0 Å². The minimum absolute atomic E-state index is 0.0286. The zero-order valence-electron chi connectivity index (χ0n) is 12.7. The van der Waals surface area contributed by atoms with Crippen molar-refractivity contribution in [3.8, 4) is 0 Å². The van der Waals surface area contributed by atoms with E-state index in [1.165, 1.54) is 0 Å². The van der Waals surface area contributed by atoms with E-state index in [9.17, 15) is 22.8 Å². The average Bonchev–Trinajstić information content (AvgIpc) is 2.22. The molecule has 0 aliphatic heterocycles. The van der Waals surface area contributed by atoms with Gasteiger partial charge >= 0.3 is 12.3 Å². The van der Waals surface area contributed by atoms with Gasteiger partial charge in [-0.25, -0.2) is 4.79 Å². The van der Waals surface area contributed by atoms with E-state index in [0.717, 1.165) is 13.8 Å². The maximum absolute atomic E-state index is 12.9. The van der Waals surface area contributed by atoms with Gasteiger partial charge in [-0.3, -0.25) is 4.79 Å². The molecular weight excluding hydrogens is 402 g/mol. The third-order valence-electron chi connectivity index (χ3n) is 2.68. The Morgan fingerprint density at radius 1 is 1.14 bits per heavy atom. The molecule has 8 heteroatoms. The van der Waals surface area contributed by atoms with Gasteiger partial charge in [0.25, 0.3) is 0 Å². The van der Waals surface area contributed by atoms with Crippen molar-refractivity contribution in [2.24, 2.45) is 5.41 Å². The molecule has 1 N–H and O–H groups in total. The van der Waals surface area contributed by atoms with E-state index in [-0.39, 0.29) is 4.43 Å². The molecule has 0 aliphatic carbocycles. The van der Waals surface area contributed by atoms with Gasteiger partial charge in [0, 0.05) is 12.0 Å². The Morgan fingerprint density at radius 2 is 1.62 bits per heavy atom. The van der Waals surface area contributed by atoms with Crippen molar-refractivity contribution in [1.82, 2.24) is 5.32 Å². The monoisotopic (exact) mass is 423 g/mol. The molecule has 0 aliphatic rings. The van der Waals surface area contributed by atoms with Crippen LogP contribution in [0.5, 0.6) is 0 Å². The Labute approximate surface area is 136 Å². The second-order valence-corrected chi connectivity index (χ2v) is 7.22. The summed E-state index contributed by atoms with van der Waals surface area (Å²) in [6.45, 7) is 7.05. The fraction of sp³-hybridized carbons (Fsp3) is 0.846. The molecule has 0 aromatic heterocycles. The quantitative estimate of drug-likeness (QED) is 0.540. The Hall–Kier alpha value is -0.540. The molecule has 0 aromatic carbocycles. The zero-order valence-corrected chi connectivity index (χ0v) is 14.9. The van der Waals surface area contributed by atoms with E-state index in [0.29, 0.717) is 0 Å². The number of nitrogens with one attached hydrogen (secondary N) is 1. The Bertz CT molecular complexity index is 389. The topological polar surface area (TPSA) is 55.4 Å². The maximum Gasteiger partial charge on any atom is 0.408 e. The summed E-state index contributed by atoms with van der Waals surface area (Å²) >= 11 is 1.73. The molecule has 0 spiro atoms. The lowest BCUT2D eigenvalue weighted by Gasteiger charge is -2.31. The Morgan fingerprint density at radius 3 is 1.95 bits per heavy atom. The Balaban J connectivity index is 5.00. The molecule has 0 unspecified atom stereocenters. The van der Waals surface area contributed by atoms with Gasteiger partial charge in [0.1, 0.15) is 0 Å². The number of hydrogen-bond donors (Lipinski definition) is 1. The minimum Gasteiger partial charge on any atom is -0.438 e. The molecule has 1 atom stereocenters. The molecular formula is C13H21F3INO3. The summed E-state index contributed by atoms with van der Waals surface area (Å²) < 4.78 is 43.6. The first kappa shape index (κ1) is 20.5. The van der Waals surface area contributed by atoms with Gasteiger partial charge < -0.3 is 10.1 Å². The van der Waals surface area contributed by atoms with Crippen LogP contribution in [0.25, 0.3) is 0 Å². The van der Waals surface area contributed by atoms with Crippen molar-refractivity contribution >= 4 is 34.5 Å². The average molecular weight is 423 g/mol. The van der Waals surface area contributed by atoms with Crippen molar-refractivity contribution in [2.75, 3.05) is 4.43 Å². The number of hydrogen-bond acceptors (Lipinski definition) is 3. The van der Waals surface area contributed by atoms with E-state index >= 15 is 0 Å². The van der Waals surface area contributed by atoms with Crippen LogP contribution in [0, 0.1) is 5.41 Å². The highest BCUT2D eigenvalue weighted by atomic mass is 127. The fourth-order valence-corrected chi connectivity index (χ4v) is 1.84. The summed E-state index contributed by atoms with van der Waals surface area (Å²) in [5, 5.41) is 2.46. The molecule has 0 bridgehead atoms. The number of amides is 1. The SMILES string of the molecule is CC(C)(C)NC(=O)O[C@@H](CC(C)(C)C(F)(F)F)C(=O)CI. The highest BCUT2D eigenvalue weighted by Gasteiger charge is 2.49. The highest BCUT2D eigenvalue weighted by Crippen LogP contribution is 2.41. The predicted molar refractivity (Wildman–Crippen MR) is 81.5 cm³/mol. The Kier molecular flexibility index (Phi) is 6.96. The van der Waals surface area contributed by atoms with Crippen LogP contribution in [0.15, 0.2) is 0 Å². The summed E-state index contributed by atoms with van der Waals surface area (Å²) in [6, 6.07) is 0. The summed E-state index contributed by atoms with van der Waals surface area (Å²) in [7, 11) is 0.